The summed E-state index contributed by atoms with van der Waals surface area (Å²) in [5.41, 5.74) is 0.618. The molecule has 1 heterocycles. The molecule has 0 radical (unpaired) electrons. The summed E-state index contributed by atoms with van der Waals surface area (Å²) in [4.78, 5) is 36.4. The molecule has 1 saturated heterocycles. The molecule has 3 aromatic carbocycles. The number of anilines is 2. The molecule has 186 valence electrons. The van der Waals surface area contributed by atoms with Crippen molar-refractivity contribution < 1.29 is 23.6 Å². The number of para-hydroxylation sites is 1. The minimum Gasteiger partial charge on any atom is -0.375 e. The van der Waals surface area contributed by atoms with E-state index in [0.717, 1.165) is 6.07 Å². The van der Waals surface area contributed by atoms with Gasteiger partial charge < -0.3 is 15.4 Å². The lowest BCUT2D eigenvalue weighted by atomic mass is 10.0. The average Bonchev–Trinajstić information content (AvgIpc) is 2.85. The van der Waals surface area contributed by atoms with E-state index in [2.05, 4.69) is 16.0 Å². The minimum absolute atomic E-state index is 0.0529. The van der Waals surface area contributed by atoms with E-state index in [1.165, 1.54) is 30.3 Å². The zero-order valence-electron chi connectivity index (χ0n) is 18.5. The molecule has 36 heavy (non-hydrogen) atoms. The summed E-state index contributed by atoms with van der Waals surface area (Å²) in [5, 5.41) is 19.6. The van der Waals surface area contributed by atoms with Crippen LogP contribution in [0.2, 0.25) is 10.0 Å². The van der Waals surface area contributed by atoms with Gasteiger partial charge >= 0.3 is 0 Å². The predicted molar refractivity (Wildman–Crippen MR) is 133 cm³/mol. The van der Waals surface area contributed by atoms with Crippen LogP contribution in [0.3, 0.4) is 0 Å². The fraction of sp³-hybridized carbons (Fsp3) is 0.167. The van der Waals surface area contributed by atoms with Gasteiger partial charge in [-0.2, -0.15) is 0 Å². The maximum absolute atomic E-state index is 13.8. The van der Waals surface area contributed by atoms with Crippen LogP contribution in [0, 0.1) is 10.1 Å². The summed E-state index contributed by atoms with van der Waals surface area (Å²) in [6.07, 6.45) is -1.33. The second-order valence-electron chi connectivity index (χ2n) is 7.83. The molecule has 3 N–H and O–H groups in total. The van der Waals surface area contributed by atoms with E-state index in [1.54, 1.807) is 24.3 Å². The Bertz CT molecular complexity index is 1340. The standard InChI is InChI=1S/C24H19Cl2FN4O5/c25-14-6-8-21(31(34)35)16(10-14)24(33)30-19-9-13(5-7-17(19)26)23(32)29-18-4-2-1-3-15(18)20-11-36-12-22(27)28-20/h1-10,20,22,28H,11-12H2,(H,29,32)(H,30,33). The maximum Gasteiger partial charge on any atom is 0.282 e. The molecule has 9 nitrogen and oxygen atoms in total. The summed E-state index contributed by atoms with van der Waals surface area (Å²) < 4.78 is 19.0. The zero-order valence-corrected chi connectivity index (χ0v) is 20.0. The molecule has 1 aliphatic rings. The Morgan fingerprint density at radius 2 is 1.75 bits per heavy atom. The summed E-state index contributed by atoms with van der Waals surface area (Å²) in [6.45, 7) is 0.183. The molecule has 0 aliphatic carbocycles. The lowest BCUT2D eigenvalue weighted by Crippen LogP contribution is -2.41. The second kappa shape index (κ2) is 11.0. The molecule has 1 fully saturated rings. The fourth-order valence-electron chi connectivity index (χ4n) is 3.69. The first-order valence-corrected chi connectivity index (χ1v) is 11.4. The van der Waals surface area contributed by atoms with Crippen LogP contribution in [0.4, 0.5) is 21.5 Å². The fourth-order valence-corrected chi connectivity index (χ4v) is 4.03. The zero-order chi connectivity index (χ0) is 25.8. The van der Waals surface area contributed by atoms with Crippen LogP contribution in [0.25, 0.3) is 0 Å². The first-order chi connectivity index (χ1) is 17.2. The maximum atomic E-state index is 13.8. The van der Waals surface area contributed by atoms with Crippen molar-refractivity contribution in [3.05, 3.63) is 97.5 Å². The highest BCUT2D eigenvalue weighted by Crippen LogP contribution is 2.29. The van der Waals surface area contributed by atoms with E-state index >= 15 is 0 Å². The number of carbonyl (C=O) groups is 2. The van der Waals surface area contributed by atoms with Gasteiger partial charge in [-0.15, -0.1) is 0 Å². The molecule has 2 amide bonds. The third-order valence-electron chi connectivity index (χ3n) is 5.39. The molecular weight excluding hydrogens is 514 g/mol. The van der Waals surface area contributed by atoms with Crippen LogP contribution in [0.15, 0.2) is 60.7 Å². The Hall–Kier alpha value is -3.57. The number of carbonyl (C=O) groups excluding carboxylic acids is 2. The van der Waals surface area contributed by atoms with Crippen molar-refractivity contribution in [2.45, 2.75) is 12.3 Å². The number of morpholine rings is 1. The van der Waals surface area contributed by atoms with E-state index < -0.39 is 34.8 Å². The van der Waals surface area contributed by atoms with Crippen molar-refractivity contribution in [2.24, 2.45) is 0 Å². The highest BCUT2D eigenvalue weighted by Gasteiger charge is 2.25. The number of amides is 2. The predicted octanol–water partition coefficient (Wildman–Crippen LogP) is 5.36. The monoisotopic (exact) mass is 532 g/mol. The van der Waals surface area contributed by atoms with Gasteiger partial charge in [0.15, 0.2) is 6.30 Å². The summed E-state index contributed by atoms with van der Waals surface area (Å²) in [6, 6.07) is 14.3. The Morgan fingerprint density at radius 3 is 2.50 bits per heavy atom. The molecule has 0 bridgehead atoms. The number of nitro benzene ring substituents is 1. The smallest absolute Gasteiger partial charge is 0.282 e. The Balaban J connectivity index is 1.56. The molecule has 0 aromatic heterocycles. The van der Waals surface area contributed by atoms with Gasteiger partial charge in [-0.3, -0.25) is 25.0 Å². The summed E-state index contributed by atoms with van der Waals surface area (Å²) in [7, 11) is 0. The van der Waals surface area contributed by atoms with Gasteiger partial charge in [-0.25, -0.2) is 4.39 Å². The number of alkyl halides is 1. The number of nitro groups is 1. The molecule has 1 aliphatic heterocycles. The topological polar surface area (TPSA) is 123 Å². The Labute approximate surface area is 214 Å². The normalized spacial score (nSPS) is 17.3. The third-order valence-corrected chi connectivity index (χ3v) is 5.96. The largest absolute Gasteiger partial charge is 0.375 e. The van der Waals surface area contributed by atoms with Gasteiger partial charge in [-0.05, 0) is 42.0 Å². The first-order valence-electron chi connectivity index (χ1n) is 10.7. The number of nitrogens with zero attached hydrogens (tertiary/aromatic N) is 1. The molecule has 4 rings (SSSR count). The lowest BCUT2D eigenvalue weighted by Gasteiger charge is -2.28. The van der Waals surface area contributed by atoms with Gasteiger partial charge in [0, 0.05) is 22.3 Å². The van der Waals surface area contributed by atoms with Gasteiger partial charge in [0.05, 0.1) is 34.9 Å². The van der Waals surface area contributed by atoms with Crippen LogP contribution in [0.5, 0.6) is 0 Å². The molecule has 2 atom stereocenters. The van der Waals surface area contributed by atoms with Crippen LogP contribution < -0.4 is 16.0 Å². The van der Waals surface area contributed by atoms with Crippen LogP contribution >= 0.6 is 23.2 Å². The number of benzene rings is 3. The number of nitrogens with one attached hydrogen (secondary N) is 3. The summed E-state index contributed by atoms with van der Waals surface area (Å²) >= 11 is 12.1. The van der Waals surface area contributed by atoms with Crippen molar-refractivity contribution in [3.63, 3.8) is 0 Å². The van der Waals surface area contributed by atoms with Crippen LogP contribution in [-0.4, -0.2) is 36.2 Å². The van der Waals surface area contributed by atoms with Gasteiger partial charge in [0.1, 0.15) is 5.56 Å². The number of hydrogen-bond acceptors (Lipinski definition) is 6. The van der Waals surface area contributed by atoms with Crippen molar-refractivity contribution >= 4 is 52.1 Å². The van der Waals surface area contributed by atoms with E-state index in [1.807, 2.05) is 0 Å². The molecule has 0 spiro atoms. The number of hydrogen-bond donors (Lipinski definition) is 3. The molecule has 2 unspecified atom stereocenters. The van der Waals surface area contributed by atoms with Crippen molar-refractivity contribution in [2.75, 3.05) is 23.8 Å². The van der Waals surface area contributed by atoms with Crippen molar-refractivity contribution in [1.82, 2.24) is 5.32 Å². The van der Waals surface area contributed by atoms with Crippen LogP contribution in [-0.2, 0) is 4.74 Å². The van der Waals surface area contributed by atoms with Gasteiger partial charge in [0.2, 0.25) is 0 Å². The average molecular weight is 533 g/mol. The quantitative estimate of drug-likeness (QED) is 0.223. The lowest BCUT2D eigenvalue weighted by molar-refractivity contribution is -0.385. The van der Waals surface area contributed by atoms with E-state index in [0.29, 0.717) is 11.3 Å². The van der Waals surface area contributed by atoms with Gasteiger partial charge in [-0.1, -0.05) is 41.4 Å². The first kappa shape index (κ1) is 25.5. The van der Waals surface area contributed by atoms with Gasteiger partial charge in [0.25, 0.3) is 17.5 Å². The highest BCUT2D eigenvalue weighted by molar-refractivity contribution is 6.34. The molecule has 12 heteroatoms. The minimum atomic E-state index is -1.33. The van der Waals surface area contributed by atoms with Crippen molar-refractivity contribution in [3.8, 4) is 0 Å². The number of ether oxygens (including phenoxy) is 1. The highest BCUT2D eigenvalue weighted by atomic mass is 35.5. The molecule has 3 aromatic rings. The number of rotatable bonds is 6. The van der Waals surface area contributed by atoms with Crippen LogP contribution in [0.1, 0.15) is 32.3 Å². The second-order valence-corrected chi connectivity index (χ2v) is 8.68. The summed E-state index contributed by atoms with van der Waals surface area (Å²) in [5.74, 6) is -1.34. The Kier molecular flexibility index (Phi) is 7.80. The third kappa shape index (κ3) is 5.80. The molecular formula is C24H19Cl2FN4O5. The van der Waals surface area contributed by atoms with E-state index in [4.69, 9.17) is 27.9 Å². The van der Waals surface area contributed by atoms with Crippen molar-refractivity contribution in [1.29, 1.82) is 0 Å². The SMILES string of the molecule is O=C(Nc1ccccc1C1COCC(F)N1)c1ccc(Cl)c(NC(=O)c2cc(Cl)ccc2[N+](=O)[O-])c1. The Morgan fingerprint density at radius 1 is 1.00 bits per heavy atom. The number of halogens is 3. The molecule has 0 saturated carbocycles. The van der Waals surface area contributed by atoms with E-state index in [-0.39, 0.29) is 40.1 Å². The van der Waals surface area contributed by atoms with E-state index in [9.17, 15) is 24.1 Å².